The summed E-state index contributed by atoms with van der Waals surface area (Å²) >= 11 is 1.19. The summed E-state index contributed by atoms with van der Waals surface area (Å²) in [5.41, 5.74) is 5.90. The summed E-state index contributed by atoms with van der Waals surface area (Å²) in [4.78, 5) is 37.6. The average Bonchev–Trinajstić information content (AvgIpc) is 3.35. The van der Waals surface area contributed by atoms with E-state index < -0.39 is 5.91 Å². The number of nitrogens with one attached hydrogen (secondary N) is 1. The number of hydrogen-bond donors (Lipinski definition) is 2. The number of thioether (sulfide) groups is 1. The number of amides is 2. The van der Waals surface area contributed by atoms with Crippen molar-refractivity contribution in [3.8, 4) is 0 Å². The third-order valence-electron chi connectivity index (χ3n) is 4.66. The number of rotatable bonds is 10. The molecule has 29 heavy (non-hydrogen) atoms. The molecule has 1 aliphatic heterocycles. The number of nitrogens with two attached hydrogens (primary N) is 1. The first-order chi connectivity index (χ1) is 14.0. The number of ether oxygens (including phenoxy) is 1. The number of primary amides is 1. The first kappa shape index (κ1) is 21.1. The van der Waals surface area contributed by atoms with Crippen LogP contribution in [0.5, 0.6) is 0 Å². The number of carbonyl (C=O) groups excluding carboxylic acids is 2. The van der Waals surface area contributed by atoms with Crippen LogP contribution >= 0.6 is 11.8 Å². The van der Waals surface area contributed by atoms with Gasteiger partial charge in [-0.1, -0.05) is 42.1 Å². The summed E-state index contributed by atoms with van der Waals surface area (Å²) in [6.07, 6.45) is 1.96. The lowest BCUT2D eigenvalue weighted by molar-refractivity contribution is -0.129. The molecule has 3 N–H and O–H groups in total. The maximum absolute atomic E-state index is 12.8. The van der Waals surface area contributed by atoms with Crippen LogP contribution in [-0.4, -0.2) is 56.5 Å². The van der Waals surface area contributed by atoms with Gasteiger partial charge in [-0.05, 0) is 18.4 Å². The van der Waals surface area contributed by atoms with Gasteiger partial charge in [0, 0.05) is 26.1 Å². The Labute approximate surface area is 172 Å². The van der Waals surface area contributed by atoms with E-state index in [1.54, 1.807) is 4.90 Å². The smallest absolute Gasteiger partial charge is 0.344 e. The number of benzene rings is 1. The Hall–Kier alpha value is -2.59. The second-order valence-electron chi connectivity index (χ2n) is 6.86. The Balaban J connectivity index is 1.63. The van der Waals surface area contributed by atoms with Gasteiger partial charge in [0.25, 0.3) is 0 Å². The fourth-order valence-electron chi connectivity index (χ4n) is 3.12. The summed E-state index contributed by atoms with van der Waals surface area (Å²) in [6, 6.07) is 9.54. The number of aromatic amines is 1. The molecule has 2 amide bonds. The third kappa shape index (κ3) is 6.20. The van der Waals surface area contributed by atoms with Crippen LogP contribution < -0.4 is 11.4 Å². The lowest BCUT2D eigenvalue weighted by Gasteiger charge is -2.22. The fourth-order valence-corrected chi connectivity index (χ4v) is 3.98. The van der Waals surface area contributed by atoms with Crippen molar-refractivity contribution < 1.29 is 14.3 Å². The van der Waals surface area contributed by atoms with E-state index in [2.05, 4.69) is 10.2 Å². The van der Waals surface area contributed by atoms with Gasteiger partial charge in [0.15, 0.2) is 5.16 Å². The zero-order valence-corrected chi connectivity index (χ0v) is 16.9. The Morgan fingerprint density at radius 3 is 2.83 bits per heavy atom. The van der Waals surface area contributed by atoms with E-state index in [1.165, 1.54) is 16.3 Å². The second-order valence-corrected chi connectivity index (χ2v) is 7.81. The average molecular weight is 420 g/mol. The van der Waals surface area contributed by atoms with E-state index in [4.69, 9.17) is 10.5 Å². The van der Waals surface area contributed by atoms with E-state index in [1.807, 2.05) is 30.3 Å². The number of nitrogens with zero attached hydrogens (tertiary/aromatic N) is 3. The van der Waals surface area contributed by atoms with Gasteiger partial charge in [-0.3, -0.25) is 14.2 Å². The quantitative estimate of drug-likeness (QED) is 0.548. The van der Waals surface area contributed by atoms with Gasteiger partial charge >= 0.3 is 5.69 Å². The van der Waals surface area contributed by atoms with E-state index in [-0.39, 0.29) is 36.4 Å². The SMILES string of the molecule is NC(=O)CCN(Cc1ccccc1)C(=O)CSc1n[nH]c(=O)n1CC1CCCO1. The first-order valence-corrected chi connectivity index (χ1v) is 10.5. The molecule has 1 atom stereocenters. The number of carbonyl (C=O) groups is 2. The second kappa shape index (κ2) is 10.3. The molecule has 0 spiro atoms. The van der Waals surface area contributed by atoms with Crippen LogP contribution in [0.2, 0.25) is 0 Å². The van der Waals surface area contributed by atoms with Gasteiger partial charge in [0.1, 0.15) is 0 Å². The molecule has 1 unspecified atom stereocenters. The molecule has 2 heterocycles. The van der Waals surface area contributed by atoms with Crippen molar-refractivity contribution in [1.29, 1.82) is 0 Å². The predicted molar refractivity (Wildman–Crippen MR) is 108 cm³/mol. The van der Waals surface area contributed by atoms with Crippen LogP contribution in [0.1, 0.15) is 24.8 Å². The molecular formula is C19H25N5O4S. The lowest BCUT2D eigenvalue weighted by atomic mass is 10.2. The molecule has 10 heteroatoms. The van der Waals surface area contributed by atoms with Crippen LogP contribution in [0.25, 0.3) is 0 Å². The van der Waals surface area contributed by atoms with E-state index in [9.17, 15) is 14.4 Å². The Kier molecular flexibility index (Phi) is 7.48. The van der Waals surface area contributed by atoms with Gasteiger partial charge in [-0.2, -0.15) is 0 Å². The molecule has 2 aromatic rings. The number of aromatic nitrogens is 3. The molecular weight excluding hydrogens is 394 g/mol. The molecule has 0 radical (unpaired) electrons. The predicted octanol–water partition coefficient (Wildman–Crippen LogP) is 0.747. The van der Waals surface area contributed by atoms with Gasteiger partial charge in [0.05, 0.1) is 18.4 Å². The number of hydrogen-bond acceptors (Lipinski definition) is 6. The topological polar surface area (TPSA) is 123 Å². The zero-order valence-electron chi connectivity index (χ0n) is 16.1. The fraction of sp³-hybridized carbons (Fsp3) is 0.474. The minimum absolute atomic E-state index is 0.00880. The molecule has 1 aromatic carbocycles. The van der Waals surface area contributed by atoms with Crippen molar-refractivity contribution in [1.82, 2.24) is 19.7 Å². The van der Waals surface area contributed by atoms with E-state index in [0.717, 1.165) is 18.4 Å². The maximum Gasteiger partial charge on any atom is 0.344 e. The van der Waals surface area contributed by atoms with Crippen molar-refractivity contribution in [3.05, 3.63) is 46.4 Å². The molecule has 3 rings (SSSR count). The van der Waals surface area contributed by atoms with Gasteiger partial charge < -0.3 is 15.4 Å². The highest BCUT2D eigenvalue weighted by Crippen LogP contribution is 2.19. The van der Waals surface area contributed by atoms with Crippen LogP contribution in [0, 0.1) is 0 Å². The monoisotopic (exact) mass is 419 g/mol. The summed E-state index contributed by atoms with van der Waals surface area (Å²) in [6.45, 7) is 1.75. The molecule has 1 aliphatic rings. The Bertz CT molecular complexity index is 876. The molecule has 9 nitrogen and oxygen atoms in total. The van der Waals surface area contributed by atoms with Gasteiger partial charge in [-0.15, -0.1) is 5.10 Å². The van der Waals surface area contributed by atoms with Crippen LogP contribution in [0.15, 0.2) is 40.3 Å². The maximum atomic E-state index is 12.8. The number of H-pyrrole nitrogens is 1. The van der Waals surface area contributed by atoms with Crippen molar-refractivity contribution in [2.45, 2.75) is 43.6 Å². The molecule has 1 saturated heterocycles. The van der Waals surface area contributed by atoms with Crippen molar-refractivity contribution in [2.24, 2.45) is 5.73 Å². The Morgan fingerprint density at radius 2 is 2.14 bits per heavy atom. The summed E-state index contributed by atoms with van der Waals surface area (Å²) in [7, 11) is 0. The molecule has 1 aromatic heterocycles. The van der Waals surface area contributed by atoms with Crippen molar-refractivity contribution >= 4 is 23.6 Å². The molecule has 0 bridgehead atoms. The van der Waals surface area contributed by atoms with E-state index >= 15 is 0 Å². The highest BCUT2D eigenvalue weighted by Gasteiger charge is 2.21. The molecule has 0 aliphatic carbocycles. The highest BCUT2D eigenvalue weighted by molar-refractivity contribution is 7.99. The Morgan fingerprint density at radius 1 is 1.34 bits per heavy atom. The summed E-state index contributed by atoms with van der Waals surface area (Å²) in [5, 5.41) is 6.93. The normalized spacial score (nSPS) is 16.1. The summed E-state index contributed by atoms with van der Waals surface area (Å²) < 4.78 is 7.10. The van der Waals surface area contributed by atoms with Crippen molar-refractivity contribution in [2.75, 3.05) is 18.9 Å². The van der Waals surface area contributed by atoms with Crippen LogP contribution in [0.4, 0.5) is 0 Å². The van der Waals surface area contributed by atoms with Crippen LogP contribution in [-0.2, 0) is 27.4 Å². The third-order valence-corrected chi connectivity index (χ3v) is 5.62. The minimum atomic E-state index is -0.457. The highest BCUT2D eigenvalue weighted by atomic mass is 32.2. The summed E-state index contributed by atoms with van der Waals surface area (Å²) in [5.74, 6) is -0.512. The standard InChI is InChI=1S/C19H25N5O4S/c20-16(25)8-9-23(11-14-5-2-1-3-6-14)17(26)13-29-19-22-21-18(27)24(19)12-15-7-4-10-28-15/h1-3,5-6,15H,4,7-13H2,(H2,20,25)(H,21,27). The molecule has 1 fully saturated rings. The largest absolute Gasteiger partial charge is 0.376 e. The van der Waals surface area contributed by atoms with Crippen LogP contribution in [0.3, 0.4) is 0 Å². The minimum Gasteiger partial charge on any atom is -0.376 e. The molecule has 0 saturated carbocycles. The van der Waals surface area contributed by atoms with E-state index in [0.29, 0.717) is 24.9 Å². The zero-order chi connectivity index (χ0) is 20.6. The first-order valence-electron chi connectivity index (χ1n) is 9.52. The lowest BCUT2D eigenvalue weighted by Crippen LogP contribution is -2.35. The van der Waals surface area contributed by atoms with Crippen molar-refractivity contribution in [3.63, 3.8) is 0 Å². The van der Waals surface area contributed by atoms with Gasteiger partial charge in [-0.25, -0.2) is 9.89 Å². The molecule has 156 valence electrons. The van der Waals surface area contributed by atoms with Gasteiger partial charge in [0.2, 0.25) is 11.8 Å².